The van der Waals surface area contributed by atoms with Gasteiger partial charge in [-0.1, -0.05) is 88.2 Å². The van der Waals surface area contributed by atoms with Crippen molar-refractivity contribution in [2.24, 2.45) is 0 Å². The monoisotopic (exact) mass is 585 g/mol. The van der Waals surface area contributed by atoms with Gasteiger partial charge in [-0.2, -0.15) is 0 Å². The first-order chi connectivity index (χ1) is 19.7. The summed E-state index contributed by atoms with van der Waals surface area (Å²) < 4.78 is 6.76. The van der Waals surface area contributed by atoms with E-state index in [9.17, 15) is 0 Å². The Morgan fingerprint density at radius 3 is 2.10 bits per heavy atom. The average molecular weight is 587 g/mol. The highest BCUT2D eigenvalue weighted by Gasteiger charge is 2.25. The smallest absolute Gasteiger partial charge is 0.139 e. The van der Waals surface area contributed by atoms with Crippen LogP contribution in [0.3, 0.4) is 0 Å². The topological polar surface area (TPSA) is 38.2 Å². The van der Waals surface area contributed by atoms with Gasteiger partial charge in [-0.25, -0.2) is 9.97 Å². The normalized spacial score (nSPS) is 13.7. The zero-order valence-electron chi connectivity index (χ0n) is 22.3. The molecule has 2 aromatic heterocycles. The van der Waals surface area contributed by atoms with Crippen molar-refractivity contribution in [1.29, 1.82) is 0 Å². The quantitative estimate of drug-likeness (QED) is 0.207. The lowest BCUT2D eigenvalue weighted by Crippen LogP contribution is -2.37. The maximum atomic E-state index is 5.74. The fraction of sp³-hybridized carbons (Fsp3) is 0.143. The largest absolute Gasteiger partial charge is 0.378 e. The number of hydrogen-bond acceptors (Lipinski definition) is 4. The summed E-state index contributed by atoms with van der Waals surface area (Å²) in [6.07, 6.45) is 0. The average Bonchev–Trinajstić information content (AvgIpc) is 3.01. The van der Waals surface area contributed by atoms with Gasteiger partial charge in [0, 0.05) is 33.9 Å². The van der Waals surface area contributed by atoms with Crippen LogP contribution in [0.1, 0.15) is 5.56 Å². The van der Waals surface area contributed by atoms with Crippen molar-refractivity contribution in [3.05, 3.63) is 113 Å². The van der Waals surface area contributed by atoms with Crippen molar-refractivity contribution in [1.82, 2.24) is 9.97 Å². The van der Waals surface area contributed by atoms with E-state index in [-0.39, 0.29) is 0 Å². The van der Waals surface area contributed by atoms with Gasteiger partial charge in [-0.3, -0.25) is 0 Å². The van der Waals surface area contributed by atoms with E-state index < -0.39 is 0 Å². The zero-order valence-corrected chi connectivity index (χ0v) is 23.9. The number of nitrogens with zero attached hydrogens (tertiary/aromatic N) is 3. The molecule has 1 fully saturated rings. The van der Waals surface area contributed by atoms with Crippen LogP contribution in [0, 0.1) is 6.92 Å². The summed E-state index contributed by atoms with van der Waals surface area (Å²) in [5, 5.41) is 2.25. The first-order valence-electron chi connectivity index (χ1n) is 13.6. The second kappa shape index (κ2) is 10.5. The predicted octanol–water partition coefficient (Wildman–Crippen LogP) is 8.69. The Kier molecular flexibility index (Phi) is 6.54. The predicted molar refractivity (Wildman–Crippen MR) is 169 cm³/mol. The first kappa shape index (κ1) is 24.9. The van der Waals surface area contributed by atoms with Gasteiger partial charge in [0.05, 0.1) is 35.5 Å². The molecule has 7 rings (SSSR count). The minimum atomic E-state index is 0.680. The number of aryl methyl sites for hydroxylation is 1. The molecule has 0 spiro atoms. The van der Waals surface area contributed by atoms with Crippen molar-refractivity contribution in [2.75, 3.05) is 31.2 Å². The Morgan fingerprint density at radius 2 is 1.35 bits per heavy atom. The molecule has 0 unspecified atom stereocenters. The van der Waals surface area contributed by atoms with E-state index in [1.54, 1.807) is 0 Å². The van der Waals surface area contributed by atoms with Crippen LogP contribution in [0.2, 0.25) is 0 Å². The van der Waals surface area contributed by atoms with E-state index in [0.717, 1.165) is 67.6 Å². The third kappa shape index (κ3) is 4.55. The molecule has 1 aliphatic heterocycles. The number of aromatic nitrogens is 2. The molecule has 4 aromatic carbocycles. The number of benzene rings is 4. The van der Waals surface area contributed by atoms with Crippen molar-refractivity contribution in [3.8, 4) is 33.5 Å². The molecule has 0 amide bonds. The number of morpholine rings is 1. The Hall–Kier alpha value is -4.06. The number of pyridine rings is 2. The SMILES string of the molecule is Cc1ccc2nc(-c3c(N4CCOCC4)nc4ccc(Br)cc4c3-c3ccccc3)cc(-c3ccccc3)c2c1. The molecule has 4 nitrogen and oxygen atoms in total. The fourth-order valence-corrected chi connectivity index (χ4v) is 6.06. The fourth-order valence-electron chi connectivity index (χ4n) is 5.70. The molecule has 5 heteroatoms. The van der Waals surface area contributed by atoms with Crippen LogP contribution in [0.5, 0.6) is 0 Å². The van der Waals surface area contributed by atoms with Gasteiger partial charge in [-0.05, 0) is 60.0 Å². The van der Waals surface area contributed by atoms with Gasteiger partial charge in [0.25, 0.3) is 0 Å². The summed E-state index contributed by atoms with van der Waals surface area (Å²) in [4.78, 5) is 13.0. The number of anilines is 1. The van der Waals surface area contributed by atoms with E-state index >= 15 is 0 Å². The van der Waals surface area contributed by atoms with E-state index in [2.05, 4.69) is 131 Å². The van der Waals surface area contributed by atoms with Crippen LogP contribution >= 0.6 is 15.9 Å². The number of ether oxygens (including phenoxy) is 1. The lowest BCUT2D eigenvalue weighted by molar-refractivity contribution is 0.122. The molecule has 0 N–H and O–H groups in total. The molecule has 0 saturated carbocycles. The van der Waals surface area contributed by atoms with Gasteiger partial charge in [0.2, 0.25) is 0 Å². The lowest BCUT2D eigenvalue weighted by Gasteiger charge is -2.31. The minimum absolute atomic E-state index is 0.680. The lowest BCUT2D eigenvalue weighted by atomic mass is 9.91. The van der Waals surface area contributed by atoms with Gasteiger partial charge >= 0.3 is 0 Å². The second-order valence-corrected chi connectivity index (χ2v) is 11.2. The maximum absolute atomic E-state index is 5.74. The summed E-state index contributed by atoms with van der Waals surface area (Å²) in [5.74, 6) is 0.954. The third-order valence-corrected chi connectivity index (χ3v) is 8.10. The zero-order chi connectivity index (χ0) is 27.1. The molecular weight excluding hydrogens is 558 g/mol. The molecule has 1 saturated heterocycles. The number of halogens is 1. The number of fused-ring (bicyclic) bond motifs is 2. The Morgan fingerprint density at radius 1 is 0.675 bits per heavy atom. The molecule has 0 atom stereocenters. The molecule has 3 heterocycles. The van der Waals surface area contributed by atoms with Gasteiger partial charge < -0.3 is 9.64 Å². The second-order valence-electron chi connectivity index (χ2n) is 10.3. The van der Waals surface area contributed by atoms with Gasteiger partial charge in [0.1, 0.15) is 5.82 Å². The third-order valence-electron chi connectivity index (χ3n) is 7.61. The van der Waals surface area contributed by atoms with Crippen molar-refractivity contribution < 1.29 is 4.74 Å². The molecular formula is C35H28BrN3O. The van der Waals surface area contributed by atoms with E-state index in [1.807, 2.05) is 0 Å². The minimum Gasteiger partial charge on any atom is -0.378 e. The number of rotatable bonds is 4. The van der Waals surface area contributed by atoms with Crippen molar-refractivity contribution >= 4 is 43.6 Å². The summed E-state index contributed by atoms with van der Waals surface area (Å²) in [6, 6.07) is 36.4. The molecule has 40 heavy (non-hydrogen) atoms. The van der Waals surface area contributed by atoms with E-state index in [4.69, 9.17) is 14.7 Å². The van der Waals surface area contributed by atoms with Crippen LogP contribution < -0.4 is 4.90 Å². The van der Waals surface area contributed by atoms with Crippen LogP contribution in [0.4, 0.5) is 5.82 Å². The molecule has 0 radical (unpaired) electrons. The summed E-state index contributed by atoms with van der Waals surface area (Å²) in [6.45, 7) is 5.07. The van der Waals surface area contributed by atoms with Crippen LogP contribution in [-0.2, 0) is 4.74 Å². The summed E-state index contributed by atoms with van der Waals surface area (Å²) in [5.41, 5.74) is 9.77. The molecule has 6 aromatic rings. The standard InChI is InChI=1S/C35H28BrN3O/c1-23-12-14-30-28(20-23)27(24-8-4-2-5-9-24)22-32(37-30)34-33(25-10-6-3-7-11-25)29-21-26(36)13-15-31(29)38-35(34)39-16-18-40-19-17-39/h2-15,20-22H,16-19H2,1H3. The Labute approximate surface area is 242 Å². The van der Waals surface area contributed by atoms with Crippen LogP contribution in [-0.4, -0.2) is 36.3 Å². The van der Waals surface area contributed by atoms with Crippen LogP contribution in [0.25, 0.3) is 55.3 Å². The number of hydrogen-bond donors (Lipinski definition) is 0. The Balaban J connectivity index is 1.62. The maximum Gasteiger partial charge on any atom is 0.139 e. The molecule has 1 aliphatic rings. The summed E-state index contributed by atoms with van der Waals surface area (Å²) >= 11 is 3.73. The highest BCUT2D eigenvalue weighted by Crippen LogP contribution is 2.45. The Bertz CT molecular complexity index is 1850. The highest BCUT2D eigenvalue weighted by atomic mass is 79.9. The van der Waals surface area contributed by atoms with Crippen LogP contribution in [0.15, 0.2) is 108 Å². The molecule has 0 bridgehead atoms. The van der Waals surface area contributed by atoms with Gasteiger partial charge in [0.15, 0.2) is 0 Å². The van der Waals surface area contributed by atoms with E-state index in [1.165, 1.54) is 16.7 Å². The van der Waals surface area contributed by atoms with Crippen molar-refractivity contribution in [2.45, 2.75) is 6.92 Å². The van der Waals surface area contributed by atoms with Gasteiger partial charge in [-0.15, -0.1) is 0 Å². The van der Waals surface area contributed by atoms with Crippen molar-refractivity contribution in [3.63, 3.8) is 0 Å². The highest BCUT2D eigenvalue weighted by molar-refractivity contribution is 9.10. The summed E-state index contributed by atoms with van der Waals surface area (Å²) in [7, 11) is 0. The molecule has 196 valence electrons. The van der Waals surface area contributed by atoms with E-state index in [0.29, 0.717) is 13.2 Å². The molecule has 0 aliphatic carbocycles. The first-order valence-corrected chi connectivity index (χ1v) is 14.4.